The maximum atomic E-state index is 10.5. The molecule has 0 heterocycles. The Bertz CT molecular complexity index is 167. The average molecular weight is 220 g/mol. The first-order valence-electron chi connectivity index (χ1n) is 2.35. The van der Waals surface area contributed by atoms with Crippen LogP contribution in [0, 0.1) is 0 Å². The number of hydrogen-bond donors (Lipinski definition) is 0. The molecule has 0 fully saturated rings. The molecule has 0 N–H and O–H groups in total. The van der Waals surface area contributed by atoms with Crippen LogP contribution in [-0.4, -0.2) is 5.78 Å². The van der Waals surface area contributed by atoms with Gasteiger partial charge in [-0.25, -0.2) is 0 Å². The number of hydrogen-bond acceptors (Lipinski definition) is 1. The van der Waals surface area contributed by atoms with Gasteiger partial charge < -0.3 is 0 Å². The topological polar surface area (TPSA) is 17.1 Å². The van der Waals surface area contributed by atoms with Crippen LogP contribution in [0.15, 0.2) is 21.8 Å². The monoisotopic (exact) mass is 220 g/mol. The van der Waals surface area contributed by atoms with Gasteiger partial charge in [-0.05, 0) is 44.7 Å². The number of rotatable bonds is 0. The van der Waals surface area contributed by atoms with E-state index in [2.05, 4.69) is 22.6 Å². The molecule has 1 nitrogen and oxygen atoms in total. The van der Waals surface area contributed by atoms with E-state index in [1.54, 1.807) is 12.2 Å². The number of carbonyl (C=O) groups is 1. The van der Waals surface area contributed by atoms with Crippen LogP contribution >= 0.6 is 22.6 Å². The quantitative estimate of drug-likeness (QED) is 0.569. The van der Waals surface area contributed by atoms with Crippen molar-refractivity contribution < 1.29 is 4.79 Å². The van der Waals surface area contributed by atoms with E-state index < -0.39 is 0 Å². The van der Waals surface area contributed by atoms with E-state index in [0.29, 0.717) is 0 Å². The normalized spacial score (nSPS) is 18.6. The summed E-state index contributed by atoms with van der Waals surface area (Å²) in [7, 11) is 0. The Morgan fingerprint density at radius 1 is 1.62 bits per heavy atom. The second-order valence-electron chi connectivity index (χ2n) is 1.60. The van der Waals surface area contributed by atoms with E-state index in [9.17, 15) is 4.79 Å². The Kier molecular flexibility index (Phi) is 1.83. The summed E-state index contributed by atoms with van der Waals surface area (Å²) in [6.07, 6.45) is 6.05. The van der Waals surface area contributed by atoms with Crippen molar-refractivity contribution in [3.05, 3.63) is 21.8 Å². The number of ketones is 1. The largest absolute Gasteiger partial charge is 0.290 e. The zero-order valence-electron chi connectivity index (χ0n) is 4.23. The van der Waals surface area contributed by atoms with Crippen molar-refractivity contribution in [2.45, 2.75) is 6.42 Å². The lowest BCUT2D eigenvalue weighted by Gasteiger charge is -1.95. The smallest absolute Gasteiger partial charge is 0.179 e. The van der Waals surface area contributed by atoms with Crippen molar-refractivity contribution in [3.8, 4) is 0 Å². The maximum absolute atomic E-state index is 10.5. The summed E-state index contributed by atoms with van der Waals surface area (Å²) in [6.45, 7) is 0. The fourth-order valence-electron chi connectivity index (χ4n) is 0.549. The zero-order chi connectivity index (χ0) is 5.98. The SMILES string of the molecule is O=C1C=CCC(I)=C1. The third-order valence-corrected chi connectivity index (χ3v) is 1.65. The molecule has 42 valence electrons. The Hall–Kier alpha value is -0.120. The number of halogens is 1. The van der Waals surface area contributed by atoms with Gasteiger partial charge >= 0.3 is 0 Å². The minimum Gasteiger partial charge on any atom is -0.290 e. The van der Waals surface area contributed by atoms with Crippen molar-refractivity contribution in [3.63, 3.8) is 0 Å². The molecule has 0 aromatic carbocycles. The van der Waals surface area contributed by atoms with Crippen molar-refractivity contribution >= 4 is 28.4 Å². The second kappa shape index (κ2) is 2.44. The van der Waals surface area contributed by atoms with E-state index in [1.807, 2.05) is 6.08 Å². The van der Waals surface area contributed by atoms with Gasteiger partial charge in [-0.15, -0.1) is 0 Å². The Labute approximate surface area is 61.6 Å². The van der Waals surface area contributed by atoms with E-state index in [1.165, 1.54) is 0 Å². The molecular weight excluding hydrogens is 215 g/mol. The molecule has 2 heteroatoms. The highest BCUT2D eigenvalue weighted by Gasteiger charge is 1.98. The lowest BCUT2D eigenvalue weighted by Crippen LogP contribution is -1.90. The highest BCUT2D eigenvalue weighted by molar-refractivity contribution is 14.1. The van der Waals surface area contributed by atoms with Crippen LogP contribution in [0.2, 0.25) is 0 Å². The molecule has 0 unspecified atom stereocenters. The van der Waals surface area contributed by atoms with Gasteiger partial charge in [0, 0.05) is 0 Å². The first-order chi connectivity index (χ1) is 3.79. The van der Waals surface area contributed by atoms with Crippen LogP contribution in [0.25, 0.3) is 0 Å². The van der Waals surface area contributed by atoms with Crippen LogP contribution in [0.3, 0.4) is 0 Å². The molecule has 0 spiro atoms. The summed E-state index contributed by atoms with van der Waals surface area (Å²) in [6, 6.07) is 0. The van der Waals surface area contributed by atoms with Crippen LogP contribution in [0.1, 0.15) is 6.42 Å². The van der Waals surface area contributed by atoms with Crippen LogP contribution in [0.5, 0.6) is 0 Å². The third kappa shape index (κ3) is 1.43. The average Bonchev–Trinajstić information content (AvgIpc) is 1.64. The highest BCUT2D eigenvalue weighted by Crippen LogP contribution is 2.14. The molecule has 0 radical (unpaired) electrons. The van der Waals surface area contributed by atoms with Gasteiger partial charge in [0.2, 0.25) is 0 Å². The van der Waals surface area contributed by atoms with Crippen molar-refractivity contribution in [2.75, 3.05) is 0 Å². The Morgan fingerprint density at radius 3 is 2.75 bits per heavy atom. The van der Waals surface area contributed by atoms with Gasteiger partial charge in [-0.3, -0.25) is 4.79 Å². The van der Waals surface area contributed by atoms with Gasteiger partial charge in [-0.2, -0.15) is 0 Å². The number of carbonyl (C=O) groups excluding carboxylic acids is 1. The first kappa shape index (κ1) is 6.01. The Balaban J connectivity index is 2.74. The van der Waals surface area contributed by atoms with Gasteiger partial charge in [0.05, 0.1) is 0 Å². The van der Waals surface area contributed by atoms with E-state index in [-0.39, 0.29) is 5.78 Å². The van der Waals surface area contributed by atoms with Crippen molar-refractivity contribution in [1.29, 1.82) is 0 Å². The molecular formula is C6H5IO. The summed E-state index contributed by atoms with van der Waals surface area (Å²) in [5, 5.41) is 0. The number of allylic oxidation sites excluding steroid dienone is 4. The van der Waals surface area contributed by atoms with Crippen molar-refractivity contribution in [2.24, 2.45) is 0 Å². The fraction of sp³-hybridized carbons (Fsp3) is 0.167. The predicted molar refractivity (Wildman–Crippen MR) is 40.9 cm³/mol. The predicted octanol–water partition coefficient (Wildman–Crippen LogP) is 1.83. The standard InChI is InChI=1S/C6H5IO/c7-5-2-1-3-6(8)4-5/h1,3-4H,2H2. The molecule has 0 amide bonds. The molecule has 1 aliphatic rings. The molecule has 0 aliphatic heterocycles. The van der Waals surface area contributed by atoms with Gasteiger partial charge in [0.15, 0.2) is 5.78 Å². The zero-order valence-corrected chi connectivity index (χ0v) is 6.38. The summed E-state index contributed by atoms with van der Waals surface area (Å²) in [4.78, 5) is 10.5. The molecule has 0 saturated carbocycles. The van der Waals surface area contributed by atoms with E-state index in [0.717, 1.165) is 10.0 Å². The van der Waals surface area contributed by atoms with Gasteiger partial charge in [0.1, 0.15) is 0 Å². The molecule has 0 aromatic rings. The highest BCUT2D eigenvalue weighted by atomic mass is 127. The molecule has 1 aliphatic carbocycles. The molecule has 0 saturated heterocycles. The van der Waals surface area contributed by atoms with Crippen molar-refractivity contribution in [1.82, 2.24) is 0 Å². The molecule has 0 bridgehead atoms. The maximum Gasteiger partial charge on any atom is 0.179 e. The van der Waals surface area contributed by atoms with E-state index >= 15 is 0 Å². The van der Waals surface area contributed by atoms with Crippen LogP contribution in [-0.2, 0) is 4.79 Å². The van der Waals surface area contributed by atoms with Crippen LogP contribution in [0.4, 0.5) is 0 Å². The molecule has 1 rings (SSSR count). The Morgan fingerprint density at radius 2 is 2.38 bits per heavy atom. The lowest BCUT2D eigenvalue weighted by molar-refractivity contribution is -0.110. The van der Waals surface area contributed by atoms with Gasteiger partial charge in [-0.1, -0.05) is 6.08 Å². The van der Waals surface area contributed by atoms with E-state index in [4.69, 9.17) is 0 Å². The summed E-state index contributed by atoms with van der Waals surface area (Å²) in [5.41, 5.74) is 0. The summed E-state index contributed by atoms with van der Waals surface area (Å²) >= 11 is 2.16. The summed E-state index contributed by atoms with van der Waals surface area (Å²) in [5.74, 6) is 0.112. The summed E-state index contributed by atoms with van der Waals surface area (Å²) < 4.78 is 1.12. The fourth-order valence-corrected chi connectivity index (χ4v) is 1.11. The molecule has 0 aromatic heterocycles. The molecule has 0 atom stereocenters. The van der Waals surface area contributed by atoms with Crippen LogP contribution < -0.4 is 0 Å². The second-order valence-corrected chi connectivity index (χ2v) is 2.99. The molecule has 8 heavy (non-hydrogen) atoms. The third-order valence-electron chi connectivity index (χ3n) is 0.894. The minimum atomic E-state index is 0.112. The van der Waals surface area contributed by atoms with Gasteiger partial charge in [0.25, 0.3) is 0 Å². The lowest BCUT2D eigenvalue weighted by atomic mass is 10.2. The minimum absolute atomic E-state index is 0.112. The first-order valence-corrected chi connectivity index (χ1v) is 3.43.